The Labute approximate surface area is 122 Å². The van der Waals surface area contributed by atoms with Crippen LogP contribution in [0.5, 0.6) is 0 Å². The number of hydrogen-bond donors (Lipinski definition) is 1. The molecule has 0 radical (unpaired) electrons. The van der Waals surface area contributed by atoms with E-state index in [1.807, 2.05) is 0 Å². The van der Waals surface area contributed by atoms with Crippen molar-refractivity contribution in [1.29, 1.82) is 0 Å². The van der Waals surface area contributed by atoms with Crippen molar-refractivity contribution in [1.82, 2.24) is 9.80 Å². The average molecular weight is 287 g/mol. The number of benzene rings is 1. The third kappa shape index (κ3) is 2.12. The van der Waals surface area contributed by atoms with Gasteiger partial charge in [-0.1, -0.05) is 0 Å². The largest absolute Gasteiger partial charge is 0.338 e. The molecular formula is C15H17N3O3. The summed E-state index contributed by atoms with van der Waals surface area (Å²) in [6.45, 7) is 1.91. The van der Waals surface area contributed by atoms with Crippen LogP contribution < -0.4 is 5.73 Å². The van der Waals surface area contributed by atoms with Gasteiger partial charge in [0, 0.05) is 25.7 Å². The minimum absolute atomic E-state index is 0.108. The summed E-state index contributed by atoms with van der Waals surface area (Å²) < 4.78 is 0. The fourth-order valence-electron chi connectivity index (χ4n) is 2.89. The first-order valence-corrected chi connectivity index (χ1v) is 6.98. The Hall–Kier alpha value is -2.21. The van der Waals surface area contributed by atoms with Crippen molar-refractivity contribution < 1.29 is 14.4 Å². The first kappa shape index (κ1) is 13.8. The lowest BCUT2D eigenvalue weighted by atomic mass is 10.0. The molecule has 1 saturated heterocycles. The van der Waals surface area contributed by atoms with Crippen LogP contribution in [0.1, 0.15) is 37.5 Å². The molecule has 1 atom stereocenters. The van der Waals surface area contributed by atoms with E-state index in [-0.39, 0.29) is 17.7 Å². The molecule has 1 aromatic carbocycles. The van der Waals surface area contributed by atoms with E-state index in [0.717, 1.165) is 11.3 Å². The highest BCUT2D eigenvalue weighted by molar-refractivity contribution is 6.21. The monoisotopic (exact) mass is 287 g/mol. The molecule has 2 N–H and O–H groups in total. The number of hydrogen-bond acceptors (Lipinski definition) is 4. The van der Waals surface area contributed by atoms with Gasteiger partial charge in [0.1, 0.15) is 0 Å². The van der Waals surface area contributed by atoms with E-state index in [0.29, 0.717) is 42.2 Å². The molecule has 1 fully saturated rings. The van der Waals surface area contributed by atoms with Gasteiger partial charge in [-0.2, -0.15) is 0 Å². The predicted octanol–water partition coefficient (Wildman–Crippen LogP) is 0.333. The highest BCUT2D eigenvalue weighted by Crippen LogP contribution is 2.24. The lowest BCUT2D eigenvalue weighted by Crippen LogP contribution is -2.30. The van der Waals surface area contributed by atoms with Crippen LogP contribution >= 0.6 is 0 Å². The summed E-state index contributed by atoms with van der Waals surface area (Å²) >= 11 is 0. The number of nitrogens with zero attached hydrogens (tertiary/aromatic N) is 2. The van der Waals surface area contributed by atoms with Crippen molar-refractivity contribution in [3.05, 3.63) is 34.9 Å². The third-order valence-electron chi connectivity index (χ3n) is 4.24. The molecule has 2 aliphatic heterocycles. The van der Waals surface area contributed by atoms with Gasteiger partial charge in [-0.3, -0.25) is 19.3 Å². The molecular weight excluding hydrogens is 270 g/mol. The maximum absolute atomic E-state index is 12.5. The van der Waals surface area contributed by atoms with E-state index in [4.69, 9.17) is 5.73 Å². The van der Waals surface area contributed by atoms with Crippen LogP contribution in [0.25, 0.3) is 0 Å². The van der Waals surface area contributed by atoms with E-state index >= 15 is 0 Å². The Morgan fingerprint density at radius 3 is 2.67 bits per heavy atom. The van der Waals surface area contributed by atoms with Crippen LogP contribution in [-0.4, -0.2) is 54.2 Å². The smallest absolute Gasteiger partial charge is 0.261 e. The standard InChI is InChI=1S/C15H17N3O3/c1-17-14(20)11-3-2-10(6-12(11)15(17)21)13(19)18-5-4-9(7-16)8-18/h2-3,6,9H,4-5,7-8,16H2,1H3. The normalized spacial score (nSPS) is 21.1. The average Bonchev–Trinajstić information content (AvgIpc) is 3.07. The summed E-state index contributed by atoms with van der Waals surface area (Å²) in [6.07, 6.45) is 0.910. The molecule has 6 heteroatoms. The minimum atomic E-state index is -0.356. The Balaban J connectivity index is 1.87. The molecule has 0 saturated carbocycles. The second kappa shape index (κ2) is 4.96. The van der Waals surface area contributed by atoms with E-state index in [1.165, 1.54) is 13.1 Å². The summed E-state index contributed by atoms with van der Waals surface area (Å²) in [6, 6.07) is 4.70. The van der Waals surface area contributed by atoms with Gasteiger partial charge in [-0.05, 0) is 37.1 Å². The molecule has 2 heterocycles. The Bertz CT molecular complexity index is 641. The van der Waals surface area contributed by atoms with Gasteiger partial charge in [0.2, 0.25) is 0 Å². The second-order valence-electron chi connectivity index (χ2n) is 5.57. The Morgan fingerprint density at radius 1 is 1.29 bits per heavy atom. The van der Waals surface area contributed by atoms with Gasteiger partial charge in [0.25, 0.3) is 17.7 Å². The highest BCUT2D eigenvalue weighted by atomic mass is 16.2. The first-order valence-electron chi connectivity index (χ1n) is 6.98. The summed E-state index contributed by atoms with van der Waals surface area (Å²) in [4.78, 5) is 39.1. The molecule has 6 nitrogen and oxygen atoms in total. The summed E-state index contributed by atoms with van der Waals surface area (Å²) in [5, 5.41) is 0. The lowest BCUT2D eigenvalue weighted by molar-refractivity contribution is 0.0692. The number of nitrogens with two attached hydrogens (primary N) is 1. The summed E-state index contributed by atoms with van der Waals surface area (Å²) in [7, 11) is 1.44. The minimum Gasteiger partial charge on any atom is -0.338 e. The van der Waals surface area contributed by atoms with Gasteiger partial charge < -0.3 is 10.6 Å². The topological polar surface area (TPSA) is 83.7 Å². The molecule has 3 rings (SSSR count). The van der Waals surface area contributed by atoms with Crippen LogP contribution in [0.15, 0.2) is 18.2 Å². The molecule has 0 spiro atoms. The van der Waals surface area contributed by atoms with E-state index < -0.39 is 0 Å². The molecule has 0 aromatic heterocycles. The van der Waals surface area contributed by atoms with Crippen molar-refractivity contribution in [3.63, 3.8) is 0 Å². The second-order valence-corrected chi connectivity index (χ2v) is 5.57. The zero-order valence-corrected chi connectivity index (χ0v) is 11.8. The van der Waals surface area contributed by atoms with Gasteiger partial charge >= 0.3 is 0 Å². The van der Waals surface area contributed by atoms with Gasteiger partial charge in [0.05, 0.1) is 11.1 Å². The van der Waals surface area contributed by atoms with E-state index in [2.05, 4.69) is 0 Å². The number of imide groups is 1. The van der Waals surface area contributed by atoms with Crippen molar-refractivity contribution in [2.75, 3.05) is 26.7 Å². The van der Waals surface area contributed by atoms with Crippen molar-refractivity contribution in [2.24, 2.45) is 11.7 Å². The zero-order valence-electron chi connectivity index (χ0n) is 11.8. The molecule has 3 amide bonds. The Morgan fingerprint density at radius 2 is 2.00 bits per heavy atom. The van der Waals surface area contributed by atoms with E-state index in [9.17, 15) is 14.4 Å². The van der Waals surface area contributed by atoms with Crippen LogP contribution in [0, 0.1) is 5.92 Å². The molecule has 2 aliphatic rings. The molecule has 0 aliphatic carbocycles. The third-order valence-corrected chi connectivity index (χ3v) is 4.24. The number of fused-ring (bicyclic) bond motifs is 1. The molecule has 110 valence electrons. The van der Waals surface area contributed by atoms with Gasteiger partial charge in [-0.25, -0.2) is 0 Å². The fraction of sp³-hybridized carbons (Fsp3) is 0.400. The van der Waals surface area contributed by atoms with E-state index in [1.54, 1.807) is 17.0 Å². The highest BCUT2D eigenvalue weighted by Gasteiger charge is 2.34. The molecule has 0 bridgehead atoms. The summed E-state index contributed by atoms with van der Waals surface area (Å²) in [5.74, 6) is -0.439. The van der Waals surface area contributed by atoms with Crippen LogP contribution in [0.3, 0.4) is 0 Å². The number of carbonyl (C=O) groups excluding carboxylic acids is 3. The first-order chi connectivity index (χ1) is 10.0. The Kier molecular flexibility index (Phi) is 3.25. The predicted molar refractivity (Wildman–Crippen MR) is 75.9 cm³/mol. The number of carbonyl (C=O) groups is 3. The van der Waals surface area contributed by atoms with Crippen molar-refractivity contribution in [2.45, 2.75) is 6.42 Å². The quantitative estimate of drug-likeness (QED) is 0.795. The van der Waals surface area contributed by atoms with Crippen LogP contribution in [0.4, 0.5) is 0 Å². The number of likely N-dealkylation sites (tertiary alicyclic amines) is 1. The lowest BCUT2D eigenvalue weighted by Gasteiger charge is -2.16. The fourth-order valence-corrected chi connectivity index (χ4v) is 2.89. The molecule has 1 aromatic rings. The maximum Gasteiger partial charge on any atom is 0.261 e. The molecule has 1 unspecified atom stereocenters. The van der Waals surface area contributed by atoms with Crippen molar-refractivity contribution in [3.8, 4) is 0 Å². The number of amides is 3. The van der Waals surface area contributed by atoms with Crippen molar-refractivity contribution >= 4 is 17.7 Å². The van der Waals surface area contributed by atoms with Gasteiger partial charge in [-0.15, -0.1) is 0 Å². The summed E-state index contributed by atoms with van der Waals surface area (Å²) in [5.41, 5.74) is 6.75. The zero-order chi connectivity index (χ0) is 15.1. The SMILES string of the molecule is CN1C(=O)c2ccc(C(=O)N3CCC(CN)C3)cc2C1=O. The molecule has 21 heavy (non-hydrogen) atoms. The van der Waals surface area contributed by atoms with Gasteiger partial charge in [0.15, 0.2) is 0 Å². The van der Waals surface area contributed by atoms with Crippen LogP contribution in [0.2, 0.25) is 0 Å². The number of rotatable bonds is 2. The van der Waals surface area contributed by atoms with Crippen LogP contribution in [-0.2, 0) is 0 Å². The maximum atomic E-state index is 12.5.